The van der Waals surface area contributed by atoms with Crippen LogP contribution in [0.4, 0.5) is 0 Å². The first-order chi connectivity index (χ1) is 7.27. The Morgan fingerprint density at radius 1 is 1.13 bits per heavy atom. The van der Waals surface area contributed by atoms with Crippen LogP contribution in [0, 0.1) is 0 Å². The van der Waals surface area contributed by atoms with Crippen LogP contribution in [0.2, 0.25) is 0 Å². The number of piperazine rings is 1. The number of rotatable bonds is 2. The SMILES string of the molecule is CN(C1CCN(N)CC1)N1CCNCC1. The highest BCUT2D eigenvalue weighted by atomic mass is 15.6. The highest BCUT2D eigenvalue weighted by Gasteiger charge is 2.25. The van der Waals surface area contributed by atoms with Gasteiger partial charge in [-0.3, -0.25) is 5.84 Å². The molecule has 0 aromatic heterocycles. The van der Waals surface area contributed by atoms with E-state index in [1.165, 1.54) is 12.8 Å². The quantitative estimate of drug-likeness (QED) is 0.581. The van der Waals surface area contributed by atoms with E-state index in [0.717, 1.165) is 39.3 Å². The summed E-state index contributed by atoms with van der Waals surface area (Å²) in [5.74, 6) is 5.77. The van der Waals surface area contributed by atoms with E-state index in [9.17, 15) is 0 Å². The van der Waals surface area contributed by atoms with Gasteiger partial charge in [-0.2, -0.15) is 0 Å². The lowest BCUT2D eigenvalue weighted by Gasteiger charge is -2.42. The Balaban J connectivity index is 1.81. The van der Waals surface area contributed by atoms with Gasteiger partial charge in [0.2, 0.25) is 0 Å². The molecule has 0 bridgehead atoms. The molecule has 5 nitrogen and oxygen atoms in total. The van der Waals surface area contributed by atoms with E-state index in [1.54, 1.807) is 0 Å². The predicted octanol–water partition coefficient (Wildman–Crippen LogP) is -0.923. The van der Waals surface area contributed by atoms with Gasteiger partial charge in [-0.25, -0.2) is 15.0 Å². The van der Waals surface area contributed by atoms with Gasteiger partial charge in [0.25, 0.3) is 0 Å². The monoisotopic (exact) mass is 213 g/mol. The van der Waals surface area contributed by atoms with Crippen molar-refractivity contribution in [3.63, 3.8) is 0 Å². The second-order valence-electron chi connectivity index (χ2n) is 4.54. The van der Waals surface area contributed by atoms with E-state index >= 15 is 0 Å². The van der Waals surface area contributed by atoms with Crippen LogP contribution in [0.25, 0.3) is 0 Å². The van der Waals surface area contributed by atoms with Crippen LogP contribution >= 0.6 is 0 Å². The number of nitrogens with zero attached hydrogens (tertiary/aromatic N) is 3. The number of nitrogens with two attached hydrogens (primary N) is 1. The summed E-state index contributed by atoms with van der Waals surface area (Å²) in [5, 5.41) is 10.2. The number of nitrogens with one attached hydrogen (secondary N) is 1. The van der Waals surface area contributed by atoms with Crippen LogP contribution in [0.15, 0.2) is 0 Å². The Morgan fingerprint density at radius 2 is 1.73 bits per heavy atom. The lowest BCUT2D eigenvalue weighted by molar-refractivity contribution is -0.0622. The van der Waals surface area contributed by atoms with E-state index in [1.807, 2.05) is 5.01 Å². The predicted molar refractivity (Wildman–Crippen MR) is 61.0 cm³/mol. The maximum absolute atomic E-state index is 5.77. The Kier molecular flexibility index (Phi) is 3.93. The fourth-order valence-electron chi connectivity index (χ4n) is 2.46. The average Bonchev–Trinajstić information content (AvgIpc) is 2.30. The largest absolute Gasteiger partial charge is 0.314 e. The van der Waals surface area contributed by atoms with Gasteiger partial charge in [0, 0.05) is 52.4 Å². The van der Waals surface area contributed by atoms with Gasteiger partial charge < -0.3 is 5.32 Å². The highest BCUT2D eigenvalue weighted by Crippen LogP contribution is 2.15. The number of piperidine rings is 1. The molecule has 0 radical (unpaired) electrons. The average molecular weight is 213 g/mol. The normalized spacial score (nSPS) is 27.4. The molecule has 0 aromatic rings. The summed E-state index contributed by atoms with van der Waals surface area (Å²) < 4.78 is 0. The zero-order chi connectivity index (χ0) is 10.7. The summed E-state index contributed by atoms with van der Waals surface area (Å²) in [6, 6.07) is 0.683. The standard InChI is InChI=1S/C10H23N5/c1-13(15-8-4-12-5-9-15)10-2-6-14(11)7-3-10/h10,12H,2-9,11H2,1H3. The zero-order valence-corrected chi connectivity index (χ0v) is 9.65. The molecule has 2 fully saturated rings. The maximum atomic E-state index is 5.77. The minimum atomic E-state index is 0.683. The van der Waals surface area contributed by atoms with Crippen molar-refractivity contribution in [3.8, 4) is 0 Å². The Hall–Kier alpha value is -0.200. The molecule has 88 valence electrons. The second-order valence-corrected chi connectivity index (χ2v) is 4.54. The van der Waals surface area contributed by atoms with Crippen molar-refractivity contribution in [3.05, 3.63) is 0 Å². The molecule has 2 saturated heterocycles. The van der Waals surface area contributed by atoms with Gasteiger partial charge in [0.1, 0.15) is 0 Å². The van der Waals surface area contributed by atoms with E-state index in [4.69, 9.17) is 5.84 Å². The Bertz CT molecular complexity index is 184. The fourth-order valence-corrected chi connectivity index (χ4v) is 2.46. The zero-order valence-electron chi connectivity index (χ0n) is 9.65. The smallest absolute Gasteiger partial charge is 0.0268 e. The summed E-state index contributed by atoms with van der Waals surface area (Å²) in [6.07, 6.45) is 2.38. The van der Waals surface area contributed by atoms with Gasteiger partial charge in [0.05, 0.1) is 0 Å². The number of hydrogen-bond donors (Lipinski definition) is 2. The highest BCUT2D eigenvalue weighted by molar-refractivity contribution is 4.77. The molecule has 0 aromatic carbocycles. The molecule has 15 heavy (non-hydrogen) atoms. The summed E-state index contributed by atoms with van der Waals surface area (Å²) in [5.41, 5.74) is 0. The number of hydrogen-bond acceptors (Lipinski definition) is 5. The van der Waals surface area contributed by atoms with Crippen molar-refractivity contribution < 1.29 is 0 Å². The van der Waals surface area contributed by atoms with Gasteiger partial charge in [-0.05, 0) is 12.8 Å². The summed E-state index contributed by atoms with van der Waals surface area (Å²) >= 11 is 0. The van der Waals surface area contributed by atoms with Gasteiger partial charge >= 0.3 is 0 Å². The molecule has 5 heteroatoms. The van der Waals surface area contributed by atoms with Crippen LogP contribution < -0.4 is 11.2 Å². The Morgan fingerprint density at radius 3 is 2.33 bits per heavy atom. The lowest BCUT2D eigenvalue weighted by Crippen LogP contribution is -2.56. The first-order valence-corrected chi connectivity index (χ1v) is 5.95. The molecule has 0 spiro atoms. The number of hydrazine groups is 2. The topological polar surface area (TPSA) is 47.8 Å². The molecule has 0 amide bonds. The van der Waals surface area contributed by atoms with Gasteiger partial charge in [0.15, 0.2) is 0 Å². The van der Waals surface area contributed by atoms with Crippen LogP contribution in [0.3, 0.4) is 0 Å². The molecule has 2 heterocycles. The lowest BCUT2D eigenvalue weighted by atomic mass is 10.1. The van der Waals surface area contributed by atoms with Crippen molar-refractivity contribution in [1.29, 1.82) is 0 Å². The van der Waals surface area contributed by atoms with E-state index < -0.39 is 0 Å². The van der Waals surface area contributed by atoms with Gasteiger partial charge in [-0.1, -0.05) is 0 Å². The summed E-state index contributed by atoms with van der Waals surface area (Å²) in [4.78, 5) is 0. The molecule has 3 N–H and O–H groups in total. The van der Waals surface area contributed by atoms with Crippen molar-refractivity contribution in [2.24, 2.45) is 5.84 Å². The van der Waals surface area contributed by atoms with Gasteiger partial charge in [-0.15, -0.1) is 0 Å². The third-order valence-electron chi connectivity index (χ3n) is 3.57. The van der Waals surface area contributed by atoms with E-state index in [-0.39, 0.29) is 0 Å². The van der Waals surface area contributed by atoms with Crippen LogP contribution in [-0.2, 0) is 0 Å². The molecule has 2 aliphatic heterocycles. The maximum Gasteiger partial charge on any atom is 0.0268 e. The summed E-state index contributed by atoms with van der Waals surface area (Å²) in [7, 11) is 2.22. The molecule has 2 aliphatic rings. The second kappa shape index (κ2) is 5.23. The Labute approximate surface area is 92.1 Å². The van der Waals surface area contributed by atoms with Crippen molar-refractivity contribution in [1.82, 2.24) is 20.3 Å². The fraction of sp³-hybridized carbons (Fsp3) is 1.00. The van der Waals surface area contributed by atoms with Crippen molar-refractivity contribution in [2.75, 3.05) is 46.3 Å². The van der Waals surface area contributed by atoms with Crippen molar-refractivity contribution >= 4 is 0 Å². The van der Waals surface area contributed by atoms with Crippen molar-refractivity contribution in [2.45, 2.75) is 18.9 Å². The van der Waals surface area contributed by atoms with Crippen LogP contribution in [0.5, 0.6) is 0 Å². The third-order valence-corrected chi connectivity index (χ3v) is 3.57. The molecular formula is C10H23N5. The molecular weight excluding hydrogens is 190 g/mol. The first kappa shape index (κ1) is 11.3. The third kappa shape index (κ3) is 2.89. The molecule has 0 unspecified atom stereocenters. The molecule has 2 rings (SSSR count). The summed E-state index contributed by atoms with van der Waals surface area (Å²) in [6.45, 7) is 6.56. The van der Waals surface area contributed by atoms with Crippen LogP contribution in [0.1, 0.15) is 12.8 Å². The molecule has 0 atom stereocenters. The minimum absolute atomic E-state index is 0.683. The first-order valence-electron chi connectivity index (χ1n) is 5.95. The minimum Gasteiger partial charge on any atom is -0.314 e. The molecule has 0 aliphatic carbocycles. The van der Waals surface area contributed by atoms with E-state index in [2.05, 4.69) is 22.4 Å². The molecule has 0 saturated carbocycles. The van der Waals surface area contributed by atoms with Crippen LogP contribution in [-0.4, -0.2) is 67.4 Å². The van der Waals surface area contributed by atoms with E-state index in [0.29, 0.717) is 6.04 Å².